The maximum absolute atomic E-state index is 2.51. The lowest BCUT2D eigenvalue weighted by Crippen LogP contribution is -1.94. The molecule has 1 aromatic heterocycles. The van der Waals surface area contributed by atoms with Gasteiger partial charge in [-0.2, -0.15) is 0 Å². The van der Waals surface area contributed by atoms with Crippen LogP contribution in [0.5, 0.6) is 0 Å². The third kappa shape index (κ3) is 4.99. The quantitative estimate of drug-likeness (QED) is 0.124. The number of hydrogen-bond acceptors (Lipinski definition) is 0. The van der Waals surface area contributed by atoms with Crippen molar-refractivity contribution in [1.29, 1.82) is 0 Å². The molecule has 13 aromatic carbocycles. The average Bonchev–Trinajstić information content (AvgIpc) is 3.69. The molecule has 0 aliphatic rings. The molecule has 0 bridgehead atoms. The van der Waals surface area contributed by atoms with Gasteiger partial charge >= 0.3 is 0 Å². The molecule has 63 heavy (non-hydrogen) atoms. The number of hydrogen-bond donors (Lipinski definition) is 0. The molecule has 0 aliphatic heterocycles. The second-order valence-electron chi connectivity index (χ2n) is 17.2. The van der Waals surface area contributed by atoms with E-state index in [1.54, 1.807) is 0 Å². The van der Waals surface area contributed by atoms with Crippen LogP contribution in [0.25, 0.3) is 136 Å². The standard InChI is InChI=1S/C62H37N/c1-2-16-44(17-3-1)63-60-37-58-53-29-28-42(46-31-30-45(47-18-6-7-19-48(46)47)41-27-26-40-32-38-14-4-5-15-39(38)33-43(40)34-41)35-56(53)51-22-8-9-23-52(51)57(58)36-59(60)61-54-24-12-10-20-49(54)50-21-11-13-25-55(50)62(61)63/h1-37H. The zero-order valence-corrected chi connectivity index (χ0v) is 34.3. The molecule has 0 spiro atoms. The Labute approximate surface area is 363 Å². The maximum atomic E-state index is 2.51. The van der Waals surface area contributed by atoms with Crippen LogP contribution in [0.4, 0.5) is 0 Å². The summed E-state index contributed by atoms with van der Waals surface area (Å²) in [5.41, 5.74) is 8.58. The molecule has 14 rings (SSSR count). The van der Waals surface area contributed by atoms with Crippen molar-refractivity contribution in [3.63, 3.8) is 0 Å². The van der Waals surface area contributed by atoms with Crippen molar-refractivity contribution >= 4 is 108 Å². The molecule has 0 radical (unpaired) electrons. The first-order valence-corrected chi connectivity index (χ1v) is 21.9. The van der Waals surface area contributed by atoms with E-state index in [-0.39, 0.29) is 0 Å². The Hall–Kier alpha value is -8.26. The van der Waals surface area contributed by atoms with Crippen LogP contribution in [0, 0.1) is 0 Å². The van der Waals surface area contributed by atoms with Crippen LogP contribution in [0.1, 0.15) is 0 Å². The number of rotatable bonds is 3. The maximum Gasteiger partial charge on any atom is 0.0625 e. The molecule has 0 saturated heterocycles. The molecule has 1 heteroatoms. The van der Waals surface area contributed by atoms with Gasteiger partial charge in [0.1, 0.15) is 0 Å². The van der Waals surface area contributed by atoms with Crippen molar-refractivity contribution < 1.29 is 0 Å². The third-order valence-corrected chi connectivity index (χ3v) is 13.9. The van der Waals surface area contributed by atoms with Crippen LogP contribution in [0.2, 0.25) is 0 Å². The summed E-state index contributed by atoms with van der Waals surface area (Å²) in [5.74, 6) is 0. The molecule has 0 N–H and O–H groups in total. The number of nitrogens with zero attached hydrogens (tertiary/aromatic N) is 1. The molecular formula is C62H37N. The van der Waals surface area contributed by atoms with E-state index in [0.29, 0.717) is 0 Å². The summed E-state index contributed by atoms with van der Waals surface area (Å²) in [5, 5.41) is 22.9. The lowest BCUT2D eigenvalue weighted by atomic mass is 9.88. The molecule has 1 heterocycles. The first-order chi connectivity index (χ1) is 31.2. The van der Waals surface area contributed by atoms with Gasteiger partial charge in [-0.05, 0) is 152 Å². The number of para-hydroxylation sites is 1. The molecule has 0 amide bonds. The minimum absolute atomic E-state index is 1.16. The first kappa shape index (κ1) is 34.5. The van der Waals surface area contributed by atoms with E-state index in [1.807, 2.05) is 0 Å². The van der Waals surface area contributed by atoms with Crippen LogP contribution < -0.4 is 0 Å². The molecule has 0 fully saturated rings. The van der Waals surface area contributed by atoms with Gasteiger partial charge in [-0.1, -0.05) is 176 Å². The van der Waals surface area contributed by atoms with Gasteiger partial charge in [0.25, 0.3) is 0 Å². The van der Waals surface area contributed by atoms with Gasteiger partial charge in [-0.25, -0.2) is 0 Å². The van der Waals surface area contributed by atoms with E-state index >= 15 is 0 Å². The van der Waals surface area contributed by atoms with E-state index in [0.717, 1.165) is 5.69 Å². The fourth-order valence-corrected chi connectivity index (χ4v) is 11.0. The number of benzene rings is 13. The summed E-state index contributed by atoms with van der Waals surface area (Å²) in [6.07, 6.45) is 0. The van der Waals surface area contributed by atoms with Gasteiger partial charge in [0.15, 0.2) is 0 Å². The van der Waals surface area contributed by atoms with Gasteiger partial charge in [-0.3, -0.25) is 0 Å². The highest BCUT2D eigenvalue weighted by Gasteiger charge is 2.21. The number of aromatic nitrogens is 1. The largest absolute Gasteiger partial charge is 0.309 e. The SMILES string of the molecule is c1ccc(-n2c3cc4c5ccc(-c6ccc(-c7ccc8cc9ccccc9cc8c7)c7ccccc67)cc5c5ccccc5c4cc3c3c4ccccc4c4ccccc4c32)cc1. The van der Waals surface area contributed by atoms with Crippen molar-refractivity contribution in [2.75, 3.05) is 0 Å². The van der Waals surface area contributed by atoms with Crippen LogP contribution in [0.3, 0.4) is 0 Å². The summed E-state index contributed by atoms with van der Waals surface area (Å²) in [7, 11) is 0. The topological polar surface area (TPSA) is 4.93 Å². The molecule has 0 aliphatic carbocycles. The molecule has 0 saturated carbocycles. The second-order valence-corrected chi connectivity index (χ2v) is 17.2. The van der Waals surface area contributed by atoms with Crippen LogP contribution >= 0.6 is 0 Å². The van der Waals surface area contributed by atoms with Gasteiger partial charge < -0.3 is 4.57 Å². The van der Waals surface area contributed by atoms with Gasteiger partial charge in [0.2, 0.25) is 0 Å². The Kier molecular flexibility index (Phi) is 7.17. The summed E-state index contributed by atoms with van der Waals surface area (Å²) in [6, 6.07) is 83.7. The zero-order valence-electron chi connectivity index (χ0n) is 34.3. The van der Waals surface area contributed by atoms with Crippen molar-refractivity contribution in [3.05, 3.63) is 224 Å². The van der Waals surface area contributed by atoms with Gasteiger partial charge in [0, 0.05) is 21.8 Å². The predicted molar refractivity (Wildman–Crippen MR) is 272 cm³/mol. The minimum atomic E-state index is 1.16. The van der Waals surface area contributed by atoms with Crippen molar-refractivity contribution in [1.82, 2.24) is 4.57 Å². The molecule has 290 valence electrons. The van der Waals surface area contributed by atoms with E-state index < -0.39 is 0 Å². The molecule has 0 unspecified atom stereocenters. The zero-order chi connectivity index (χ0) is 41.2. The van der Waals surface area contributed by atoms with Crippen molar-refractivity contribution in [3.8, 4) is 27.9 Å². The Morgan fingerprint density at radius 3 is 1.38 bits per heavy atom. The summed E-state index contributed by atoms with van der Waals surface area (Å²) in [4.78, 5) is 0. The van der Waals surface area contributed by atoms with Gasteiger partial charge in [-0.15, -0.1) is 0 Å². The highest BCUT2D eigenvalue weighted by molar-refractivity contribution is 6.35. The third-order valence-electron chi connectivity index (χ3n) is 13.9. The van der Waals surface area contributed by atoms with E-state index in [2.05, 4.69) is 229 Å². The first-order valence-electron chi connectivity index (χ1n) is 21.9. The predicted octanol–water partition coefficient (Wildman–Crippen LogP) is 17.3. The van der Waals surface area contributed by atoms with Gasteiger partial charge in [0.05, 0.1) is 11.0 Å². The number of fused-ring (bicyclic) bond motifs is 17. The lowest BCUT2D eigenvalue weighted by Gasteiger charge is -2.16. The minimum Gasteiger partial charge on any atom is -0.309 e. The highest BCUT2D eigenvalue weighted by Crippen LogP contribution is 2.47. The Balaban J connectivity index is 1.02. The van der Waals surface area contributed by atoms with Crippen LogP contribution in [-0.2, 0) is 0 Å². The Morgan fingerprint density at radius 1 is 0.238 bits per heavy atom. The summed E-state index contributed by atoms with van der Waals surface area (Å²) < 4.78 is 2.51. The highest BCUT2D eigenvalue weighted by atomic mass is 15.0. The lowest BCUT2D eigenvalue weighted by molar-refractivity contribution is 1.19. The smallest absolute Gasteiger partial charge is 0.0625 e. The fraction of sp³-hybridized carbons (Fsp3) is 0. The molecule has 1 nitrogen and oxygen atoms in total. The fourth-order valence-electron chi connectivity index (χ4n) is 11.0. The van der Waals surface area contributed by atoms with Crippen molar-refractivity contribution in [2.45, 2.75) is 0 Å². The molecule has 14 aromatic rings. The second kappa shape index (κ2) is 13.1. The van der Waals surface area contributed by atoms with E-state index in [9.17, 15) is 0 Å². The van der Waals surface area contributed by atoms with E-state index in [1.165, 1.54) is 130 Å². The van der Waals surface area contributed by atoms with Crippen molar-refractivity contribution in [2.24, 2.45) is 0 Å². The average molecular weight is 796 g/mol. The summed E-state index contributed by atoms with van der Waals surface area (Å²) in [6.45, 7) is 0. The van der Waals surface area contributed by atoms with E-state index in [4.69, 9.17) is 0 Å². The Bertz CT molecular complexity index is 4250. The normalized spacial score (nSPS) is 12.1. The summed E-state index contributed by atoms with van der Waals surface area (Å²) >= 11 is 0. The van der Waals surface area contributed by atoms with Crippen LogP contribution in [-0.4, -0.2) is 4.57 Å². The monoisotopic (exact) mass is 795 g/mol. The Morgan fingerprint density at radius 2 is 0.698 bits per heavy atom. The van der Waals surface area contributed by atoms with Crippen LogP contribution in [0.15, 0.2) is 224 Å². The molecule has 0 atom stereocenters. The molecular weight excluding hydrogens is 759 g/mol.